The molecule has 1 aromatic carbocycles. The van der Waals surface area contributed by atoms with Crippen LogP contribution in [-0.2, 0) is 6.54 Å². The number of nitrogens with one attached hydrogen (secondary N) is 1. The lowest BCUT2D eigenvalue weighted by Crippen LogP contribution is -2.31. The van der Waals surface area contributed by atoms with E-state index in [0.717, 1.165) is 24.0 Å². The van der Waals surface area contributed by atoms with Crippen molar-refractivity contribution in [1.29, 1.82) is 0 Å². The lowest BCUT2D eigenvalue weighted by atomic mass is 10.3. The molecule has 0 radical (unpaired) electrons. The van der Waals surface area contributed by atoms with Gasteiger partial charge in [-0.3, -0.25) is 9.47 Å². The number of para-hydroxylation sites is 2. The van der Waals surface area contributed by atoms with Gasteiger partial charge in [0.05, 0.1) is 24.2 Å². The van der Waals surface area contributed by atoms with Gasteiger partial charge in [-0.15, -0.1) is 0 Å². The van der Waals surface area contributed by atoms with Crippen LogP contribution in [0.4, 0.5) is 0 Å². The highest BCUT2D eigenvalue weighted by Gasteiger charge is 2.07. The van der Waals surface area contributed by atoms with Crippen LogP contribution in [0.2, 0.25) is 0 Å². The fraction of sp³-hybridized carbons (Fsp3) is 0.500. The third kappa shape index (κ3) is 3.47. The Morgan fingerprint density at radius 3 is 2.50 bits per heavy atom. The van der Waals surface area contributed by atoms with Crippen LogP contribution in [0, 0.1) is 0 Å². The van der Waals surface area contributed by atoms with Gasteiger partial charge in [-0.25, -0.2) is 4.79 Å². The largest absolute Gasteiger partial charge is 0.395 e. The third-order valence-electron chi connectivity index (χ3n) is 3.37. The van der Waals surface area contributed by atoms with Crippen molar-refractivity contribution in [2.75, 3.05) is 32.8 Å². The number of aliphatic hydroxyl groups excluding tert-OH is 2. The maximum Gasteiger partial charge on any atom is 0.326 e. The first-order chi connectivity index (χ1) is 9.76. The van der Waals surface area contributed by atoms with Crippen molar-refractivity contribution >= 4 is 11.0 Å². The summed E-state index contributed by atoms with van der Waals surface area (Å²) >= 11 is 0. The van der Waals surface area contributed by atoms with Crippen LogP contribution in [0.3, 0.4) is 0 Å². The van der Waals surface area contributed by atoms with E-state index in [2.05, 4.69) is 4.98 Å². The summed E-state index contributed by atoms with van der Waals surface area (Å²) in [7, 11) is 0. The summed E-state index contributed by atoms with van der Waals surface area (Å²) in [6.07, 6.45) is 0.793. The molecule has 6 nitrogen and oxygen atoms in total. The third-order valence-corrected chi connectivity index (χ3v) is 3.37. The number of imidazole rings is 1. The van der Waals surface area contributed by atoms with Crippen LogP contribution < -0.4 is 5.69 Å². The predicted octanol–water partition coefficient (Wildman–Crippen LogP) is 0.00630. The lowest BCUT2D eigenvalue weighted by molar-refractivity contribution is 0.158. The molecule has 20 heavy (non-hydrogen) atoms. The van der Waals surface area contributed by atoms with E-state index in [9.17, 15) is 4.79 Å². The van der Waals surface area contributed by atoms with E-state index in [4.69, 9.17) is 10.2 Å². The number of aliphatic hydroxyl groups is 2. The van der Waals surface area contributed by atoms with Crippen molar-refractivity contribution in [3.8, 4) is 0 Å². The van der Waals surface area contributed by atoms with Gasteiger partial charge in [0.25, 0.3) is 0 Å². The number of H-pyrrole nitrogens is 1. The average molecular weight is 279 g/mol. The molecule has 0 unspecified atom stereocenters. The minimum atomic E-state index is -0.0953. The second-order valence-electron chi connectivity index (χ2n) is 4.74. The maximum absolute atomic E-state index is 11.9. The quantitative estimate of drug-likeness (QED) is 0.635. The van der Waals surface area contributed by atoms with Gasteiger partial charge in [-0.1, -0.05) is 12.1 Å². The van der Waals surface area contributed by atoms with Crippen LogP contribution in [0.25, 0.3) is 11.0 Å². The van der Waals surface area contributed by atoms with Gasteiger partial charge in [0, 0.05) is 26.2 Å². The maximum atomic E-state index is 11.9. The molecule has 1 heterocycles. The SMILES string of the molecule is O=c1[nH]c2ccccc2n1CCCN(CCO)CCO. The lowest BCUT2D eigenvalue weighted by Gasteiger charge is -2.19. The van der Waals surface area contributed by atoms with Crippen LogP contribution in [-0.4, -0.2) is 57.5 Å². The van der Waals surface area contributed by atoms with Gasteiger partial charge >= 0.3 is 5.69 Å². The molecule has 0 amide bonds. The van der Waals surface area contributed by atoms with Gasteiger partial charge in [0.15, 0.2) is 0 Å². The fourth-order valence-corrected chi connectivity index (χ4v) is 2.40. The molecule has 0 fully saturated rings. The van der Waals surface area contributed by atoms with Crippen molar-refractivity contribution in [3.63, 3.8) is 0 Å². The molecule has 2 aromatic rings. The van der Waals surface area contributed by atoms with Crippen LogP contribution in [0.5, 0.6) is 0 Å². The molecule has 0 aliphatic rings. The van der Waals surface area contributed by atoms with Gasteiger partial charge in [0.1, 0.15) is 0 Å². The molecular weight excluding hydrogens is 258 g/mol. The van der Waals surface area contributed by atoms with Crippen LogP contribution in [0.1, 0.15) is 6.42 Å². The molecular formula is C14H21N3O3. The molecule has 0 spiro atoms. The fourth-order valence-electron chi connectivity index (χ4n) is 2.40. The van der Waals surface area contributed by atoms with Crippen molar-refractivity contribution in [2.45, 2.75) is 13.0 Å². The second kappa shape index (κ2) is 7.23. The standard InChI is InChI=1S/C14H21N3O3/c18-10-8-16(9-11-19)6-3-7-17-13-5-2-1-4-12(13)15-14(17)20/h1-2,4-5,18-19H,3,6-11H2,(H,15,20). The molecule has 0 saturated heterocycles. The second-order valence-corrected chi connectivity index (χ2v) is 4.74. The first kappa shape index (κ1) is 14.8. The number of aromatic nitrogens is 2. The molecule has 0 aliphatic carbocycles. The molecule has 0 atom stereocenters. The molecule has 0 aliphatic heterocycles. The smallest absolute Gasteiger partial charge is 0.326 e. The van der Waals surface area contributed by atoms with Crippen LogP contribution >= 0.6 is 0 Å². The highest BCUT2D eigenvalue weighted by atomic mass is 16.3. The van der Waals surface area contributed by atoms with E-state index in [-0.39, 0.29) is 18.9 Å². The van der Waals surface area contributed by atoms with Crippen molar-refractivity contribution in [1.82, 2.24) is 14.5 Å². The normalized spacial score (nSPS) is 11.6. The van der Waals surface area contributed by atoms with Crippen LogP contribution in [0.15, 0.2) is 29.1 Å². The zero-order valence-electron chi connectivity index (χ0n) is 11.5. The minimum Gasteiger partial charge on any atom is -0.395 e. The number of nitrogens with zero attached hydrogens (tertiary/aromatic N) is 2. The van der Waals surface area contributed by atoms with E-state index in [1.807, 2.05) is 29.2 Å². The summed E-state index contributed by atoms with van der Waals surface area (Å²) in [5, 5.41) is 17.9. The number of benzene rings is 1. The highest BCUT2D eigenvalue weighted by Crippen LogP contribution is 2.09. The molecule has 1 aromatic heterocycles. The topological polar surface area (TPSA) is 81.5 Å². The summed E-state index contributed by atoms with van der Waals surface area (Å²) in [6, 6.07) is 7.62. The molecule has 0 saturated carbocycles. The Hall–Kier alpha value is -1.63. The number of hydrogen-bond acceptors (Lipinski definition) is 4. The van der Waals surface area contributed by atoms with Gasteiger partial charge in [-0.05, 0) is 18.6 Å². The summed E-state index contributed by atoms with van der Waals surface area (Å²) in [5.74, 6) is 0. The summed E-state index contributed by atoms with van der Waals surface area (Å²) in [5.41, 5.74) is 1.66. The Bertz CT molecular complexity index is 585. The first-order valence-corrected chi connectivity index (χ1v) is 6.88. The van der Waals surface area contributed by atoms with Crippen molar-refractivity contribution in [2.24, 2.45) is 0 Å². The van der Waals surface area contributed by atoms with Crippen molar-refractivity contribution < 1.29 is 10.2 Å². The zero-order chi connectivity index (χ0) is 14.4. The van der Waals surface area contributed by atoms with E-state index in [1.165, 1.54) is 0 Å². The Kier molecular flexibility index (Phi) is 5.34. The Labute approximate surface area is 117 Å². The van der Waals surface area contributed by atoms with E-state index < -0.39 is 0 Å². The van der Waals surface area contributed by atoms with Gasteiger partial charge < -0.3 is 15.2 Å². The molecule has 110 valence electrons. The predicted molar refractivity (Wildman–Crippen MR) is 77.8 cm³/mol. The van der Waals surface area contributed by atoms with E-state index >= 15 is 0 Å². The Balaban J connectivity index is 1.98. The first-order valence-electron chi connectivity index (χ1n) is 6.88. The Morgan fingerprint density at radius 1 is 1.10 bits per heavy atom. The summed E-state index contributed by atoms with van der Waals surface area (Å²) in [4.78, 5) is 16.7. The molecule has 3 N–H and O–H groups in total. The van der Waals surface area contributed by atoms with E-state index in [0.29, 0.717) is 19.6 Å². The summed E-state index contributed by atoms with van der Waals surface area (Å²) < 4.78 is 1.73. The minimum absolute atomic E-state index is 0.0764. The summed E-state index contributed by atoms with van der Waals surface area (Å²) in [6.45, 7) is 2.61. The number of fused-ring (bicyclic) bond motifs is 1. The monoisotopic (exact) mass is 279 g/mol. The van der Waals surface area contributed by atoms with E-state index in [1.54, 1.807) is 4.57 Å². The number of hydrogen-bond donors (Lipinski definition) is 3. The van der Waals surface area contributed by atoms with Gasteiger partial charge in [0.2, 0.25) is 0 Å². The molecule has 6 heteroatoms. The Morgan fingerprint density at radius 2 is 1.80 bits per heavy atom. The number of aryl methyl sites for hydroxylation is 1. The molecule has 2 rings (SSSR count). The molecule has 0 bridgehead atoms. The van der Waals surface area contributed by atoms with Crippen molar-refractivity contribution in [3.05, 3.63) is 34.7 Å². The average Bonchev–Trinajstić information content (AvgIpc) is 2.76. The highest BCUT2D eigenvalue weighted by molar-refractivity contribution is 5.74. The zero-order valence-corrected chi connectivity index (χ0v) is 11.5. The number of rotatable bonds is 8. The van der Waals surface area contributed by atoms with Gasteiger partial charge in [-0.2, -0.15) is 0 Å². The number of aromatic amines is 1.